The lowest BCUT2D eigenvalue weighted by Gasteiger charge is -2.23. The first-order chi connectivity index (χ1) is 10.1. The zero-order valence-electron chi connectivity index (χ0n) is 11.7. The molecule has 0 aromatic carbocycles. The Labute approximate surface area is 121 Å². The summed E-state index contributed by atoms with van der Waals surface area (Å²) in [5, 5.41) is 6.85. The van der Waals surface area contributed by atoms with Gasteiger partial charge < -0.3 is 4.90 Å². The monoisotopic (exact) mass is 289 g/mol. The van der Waals surface area contributed by atoms with Crippen LogP contribution in [-0.4, -0.2) is 32.2 Å². The molecule has 1 aliphatic rings. The Morgan fingerprint density at radius 1 is 1.43 bits per heavy atom. The molecule has 0 saturated carbocycles. The number of urea groups is 1. The van der Waals surface area contributed by atoms with E-state index < -0.39 is 5.82 Å². The maximum atomic E-state index is 12.8. The zero-order valence-corrected chi connectivity index (χ0v) is 11.7. The van der Waals surface area contributed by atoms with Crippen molar-refractivity contribution in [2.75, 3.05) is 11.9 Å². The fraction of sp³-hybridized carbons (Fsp3) is 0.357. The first kappa shape index (κ1) is 13.5. The van der Waals surface area contributed by atoms with Crippen LogP contribution in [-0.2, 0) is 7.05 Å². The Hall–Kier alpha value is -2.44. The Morgan fingerprint density at radius 3 is 2.95 bits per heavy atom. The molecule has 0 spiro atoms. The highest BCUT2D eigenvalue weighted by atomic mass is 19.1. The van der Waals surface area contributed by atoms with Crippen LogP contribution in [0.25, 0.3) is 0 Å². The molecule has 1 fully saturated rings. The molecule has 6 nitrogen and oxygen atoms in total. The predicted molar refractivity (Wildman–Crippen MR) is 75.1 cm³/mol. The molecule has 0 unspecified atom stereocenters. The highest BCUT2D eigenvalue weighted by molar-refractivity contribution is 5.88. The van der Waals surface area contributed by atoms with Crippen LogP contribution in [0, 0.1) is 5.82 Å². The van der Waals surface area contributed by atoms with Crippen LogP contribution in [0.15, 0.2) is 30.7 Å². The number of hydrogen-bond donors (Lipinski definition) is 1. The molecule has 21 heavy (non-hydrogen) atoms. The Balaban J connectivity index is 1.72. The summed E-state index contributed by atoms with van der Waals surface area (Å²) in [5.74, 6) is -0.0827. The first-order valence-electron chi connectivity index (χ1n) is 6.81. The van der Waals surface area contributed by atoms with Crippen molar-refractivity contribution in [2.45, 2.75) is 18.9 Å². The molecule has 3 heterocycles. The minimum absolute atomic E-state index is 0.0270. The van der Waals surface area contributed by atoms with Gasteiger partial charge in [-0.15, -0.1) is 0 Å². The van der Waals surface area contributed by atoms with Gasteiger partial charge in [-0.2, -0.15) is 5.10 Å². The number of rotatable bonds is 2. The number of amides is 2. The summed E-state index contributed by atoms with van der Waals surface area (Å²) in [6, 6.07) is 2.52. The van der Waals surface area contributed by atoms with E-state index in [2.05, 4.69) is 15.4 Å². The molecule has 2 amide bonds. The van der Waals surface area contributed by atoms with Crippen molar-refractivity contribution in [3.63, 3.8) is 0 Å². The van der Waals surface area contributed by atoms with Crippen molar-refractivity contribution in [1.29, 1.82) is 0 Å². The number of halogens is 1. The van der Waals surface area contributed by atoms with Crippen molar-refractivity contribution in [3.8, 4) is 0 Å². The average Bonchev–Trinajstić information content (AvgIpc) is 3.09. The van der Waals surface area contributed by atoms with E-state index in [0.29, 0.717) is 12.4 Å². The van der Waals surface area contributed by atoms with E-state index in [-0.39, 0.29) is 12.1 Å². The topological polar surface area (TPSA) is 63.1 Å². The second-order valence-corrected chi connectivity index (χ2v) is 5.09. The smallest absolute Gasteiger partial charge is 0.317 e. The van der Waals surface area contributed by atoms with Gasteiger partial charge in [-0.3, -0.25) is 10.00 Å². The summed E-state index contributed by atoms with van der Waals surface area (Å²) in [4.78, 5) is 18.0. The standard InChI is InChI=1S/C14H16FN5O/c1-19-9-10(7-17-19)12-3-2-6-20(12)14(21)18-13-5-4-11(15)8-16-13/h4-5,7-9,12H,2-3,6H2,1H3,(H,16,18,21)/t12-/m1/s1. The van der Waals surface area contributed by atoms with Gasteiger partial charge >= 0.3 is 6.03 Å². The molecule has 7 heteroatoms. The third kappa shape index (κ3) is 2.86. The number of hydrogen-bond acceptors (Lipinski definition) is 3. The van der Waals surface area contributed by atoms with Gasteiger partial charge in [0.25, 0.3) is 0 Å². The molecule has 3 rings (SSSR count). The fourth-order valence-corrected chi connectivity index (χ4v) is 2.60. The molecule has 1 saturated heterocycles. The van der Waals surface area contributed by atoms with Gasteiger partial charge in [-0.1, -0.05) is 0 Å². The highest BCUT2D eigenvalue weighted by Gasteiger charge is 2.30. The average molecular weight is 289 g/mol. The third-order valence-corrected chi connectivity index (χ3v) is 3.59. The molecule has 0 radical (unpaired) electrons. The largest absolute Gasteiger partial charge is 0.323 e. The maximum Gasteiger partial charge on any atom is 0.323 e. The van der Waals surface area contributed by atoms with Gasteiger partial charge in [-0.25, -0.2) is 14.2 Å². The quantitative estimate of drug-likeness (QED) is 0.923. The first-order valence-corrected chi connectivity index (χ1v) is 6.81. The van der Waals surface area contributed by atoms with Gasteiger partial charge in [-0.05, 0) is 25.0 Å². The van der Waals surface area contributed by atoms with E-state index in [1.807, 2.05) is 13.2 Å². The van der Waals surface area contributed by atoms with Crippen LogP contribution in [0.4, 0.5) is 15.0 Å². The summed E-state index contributed by atoms with van der Waals surface area (Å²) < 4.78 is 14.5. The lowest BCUT2D eigenvalue weighted by Crippen LogP contribution is -2.34. The van der Waals surface area contributed by atoms with Crippen molar-refractivity contribution in [2.24, 2.45) is 7.05 Å². The highest BCUT2D eigenvalue weighted by Crippen LogP contribution is 2.31. The van der Waals surface area contributed by atoms with Crippen LogP contribution in [0.2, 0.25) is 0 Å². The van der Waals surface area contributed by atoms with E-state index in [4.69, 9.17) is 0 Å². The minimum Gasteiger partial charge on any atom is -0.317 e. The van der Waals surface area contributed by atoms with Gasteiger partial charge in [0.05, 0.1) is 18.4 Å². The lowest BCUT2D eigenvalue weighted by molar-refractivity contribution is 0.207. The second-order valence-electron chi connectivity index (χ2n) is 5.09. The zero-order chi connectivity index (χ0) is 14.8. The van der Waals surface area contributed by atoms with E-state index in [9.17, 15) is 9.18 Å². The number of nitrogens with zero attached hydrogens (tertiary/aromatic N) is 4. The molecule has 0 bridgehead atoms. The summed E-state index contributed by atoms with van der Waals surface area (Å²) in [6.07, 6.45) is 6.65. The summed E-state index contributed by atoms with van der Waals surface area (Å²) in [7, 11) is 1.85. The summed E-state index contributed by atoms with van der Waals surface area (Å²) in [5.41, 5.74) is 1.03. The Kier molecular flexibility index (Phi) is 3.55. The predicted octanol–water partition coefficient (Wildman–Crippen LogP) is 2.32. The maximum absolute atomic E-state index is 12.8. The number of aryl methyl sites for hydroxylation is 1. The van der Waals surface area contributed by atoms with E-state index in [1.54, 1.807) is 15.8 Å². The Morgan fingerprint density at radius 2 is 2.29 bits per heavy atom. The molecular formula is C14H16FN5O. The summed E-state index contributed by atoms with van der Waals surface area (Å²) >= 11 is 0. The minimum atomic E-state index is -0.428. The molecular weight excluding hydrogens is 273 g/mol. The molecule has 1 aliphatic heterocycles. The van der Waals surface area contributed by atoms with Gasteiger partial charge in [0.2, 0.25) is 0 Å². The summed E-state index contributed by atoms with van der Waals surface area (Å²) in [6.45, 7) is 0.687. The number of aromatic nitrogens is 3. The van der Waals surface area contributed by atoms with Crippen LogP contribution >= 0.6 is 0 Å². The molecule has 110 valence electrons. The number of nitrogens with one attached hydrogen (secondary N) is 1. The Bertz CT molecular complexity index is 639. The third-order valence-electron chi connectivity index (χ3n) is 3.59. The number of pyridine rings is 1. The van der Waals surface area contributed by atoms with E-state index in [0.717, 1.165) is 24.6 Å². The SMILES string of the molecule is Cn1cc([C@H]2CCCN2C(=O)Nc2ccc(F)cn2)cn1. The van der Waals surface area contributed by atoms with Gasteiger partial charge in [0, 0.05) is 25.4 Å². The molecule has 2 aromatic rings. The van der Waals surface area contributed by atoms with Crippen molar-refractivity contribution >= 4 is 11.8 Å². The second kappa shape index (κ2) is 5.51. The molecule has 2 aromatic heterocycles. The molecule has 1 atom stereocenters. The van der Waals surface area contributed by atoms with Crippen LogP contribution < -0.4 is 5.32 Å². The van der Waals surface area contributed by atoms with Crippen molar-refractivity contribution in [1.82, 2.24) is 19.7 Å². The number of carbonyl (C=O) groups is 1. The van der Waals surface area contributed by atoms with Gasteiger partial charge in [0.1, 0.15) is 11.6 Å². The van der Waals surface area contributed by atoms with Gasteiger partial charge in [0.15, 0.2) is 0 Å². The van der Waals surface area contributed by atoms with E-state index >= 15 is 0 Å². The normalized spacial score (nSPS) is 18.0. The molecule has 0 aliphatic carbocycles. The van der Waals surface area contributed by atoms with Crippen LogP contribution in [0.1, 0.15) is 24.4 Å². The number of carbonyl (C=O) groups excluding carboxylic acids is 1. The number of likely N-dealkylation sites (tertiary alicyclic amines) is 1. The lowest BCUT2D eigenvalue weighted by atomic mass is 10.1. The van der Waals surface area contributed by atoms with Crippen LogP contribution in [0.5, 0.6) is 0 Å². The van der Waals surface area contributed by atoms with Crippen molar-refractivity contribution in [3.05, 3.63) is 42.1 Å². The van der Waals surface area contributed by atoms with E-state index in [1.165, 1.54) is 12.1 Å². The van der Waals surface area contributed by atoms with Crippen molar-refractivity contribution < 1.29 is 9.18 Å². The number of anilines is 1. The fourth-order valence-electron chi connectivity index (χ4n) is 2.60. The molecule has 1 N–H and O–H groups in total. The van der Waals surface area contributed by atoms with Crippen LogP contribution in [0.3, 0.4) is 0 Å².